The van der Waals surface area contributed by atoms with Crippen molar-refractivity contribution in [2.24, 2.45) is 0 Å². The Morgan fingerprint density at radius 1 is 1.30 bits per heavy atom. The van der Waals surface area contributed by atoms with Crippen LogP contribution in [0.2, 0.25) is 5.02 Å². The molecule has 33 heavy (non-hydrogen) atoms. The van der Waals surface area contributed by atoms with E-state index in [-0.39, 0.29) is 41.6 Å². The highest BCUT2D eigenvalue weighted by atomic mass is 35.5. The van der Waals surface area contributed by atoms with Crippen molar-refractivity contribution in [2.45, 2.75) is 13.1 Å². The van der Waals surface area contributed by atoms with Crippen molar-refractivity contribution in [1.29, 1.82) is 0 Å². The molecule has 2 aromatic carbocycles. The fourth-order valence-electron chi connectivity index (χ4n) is 2.80. The van der Waals surface area contributed by atoms with Gasteiger partial charge in [-0.15, -0.1) is 0 Å². The van der Waals surface area contributed by atoms with Crippen LogP contribution in [0.3, 0.4) is 0 Å². The standard InChI is InChI=1S/C20H17ClFN5O5S/c1-27(20(29)32-13-6-14(21)17-15(7-13)30-10-31-17)9-16-24-19(33-26-16)25-18(28)23-8-11-3-2-4-12(22)5-11/h2-7H,8-10H2,1H3,(H2,23,24,25,26,28). The van der Waals surface area contributed by atoms with Crippen molar-refractivity contribution in [3.05, 3.63) is 58.6 Å². The Morgan fingerprint density at radius 3 is 2.97 bits per heavy atom. The average Bonchev–Trinajstić information content (AvgIpc) is 3.42. The Hall–Kier alpha value is -3.64. The molecule has 2 heterocycles. The van der Waals surface area contributed by atoms with Crippen molar-refractivity contribution >= 4 is 40.4 Å². The van der Waals surface area contributed by atoms with Gasteiger partial charge in [0.05, 0.1) is 11.6 Å². The number of rotatable bonds is 6. The second-order valence-corrected chi connectivity index (χ2v) is 7.98. The molecule has 0 bridgehead atoms. The number of ether oxygens (including phenoxy) is 3. The monoisotopic (exact) mass is 493 g/mol. The van der Waals surface area contributed by atoms with Crippen LogP contribution in [0.5, 0.6) is 17.2 Å². The fourth-order valence-corrected chi connectivity index (χ4v) is 3.63. The molecule has 0 unspecified atom stereocenters. The van der Waals surface area contributed by atoms with Gasteiger partial charge in [0, 0.05) is 37.3 Å². The minimum absolute atomic E-state index is 0.0419. The van der Waals surface area contributed by atoms with E-state index < -0.39 is 12.1 Å². The molecule has 0 atom stereocenters. The van der Waals surface area contributed by atoms with Crippen molar-refractivity contribution in [2.75, 3.05) is 19.2 Å². The normalized spacial score (nSPS) is 11.7. The van der Waals surface area contributed by atoms with Crippen LogP contribution in [-0.2, 0) is 13.1 Å². The second-order valence-electron chi connectivity index (χ2n) is 6.82. The number of amides is 3. The lowest BCUT2D eigenvalue weighted by Gasteiger charge is -2.15. The number of nitrogens with zero attached hydrogens (tertiary/aromatic N) is 3. The second kappa shape index (κ2) is 9.88. The molecule has 10 nitrogen and oxygen atoms in total. The average molecular weight is 494 g/mol. The summed E-state index contributed by atoms with van der Waals surface area (Å²) in [6.45, 7) is 0.231. The molecule has 4 rings (SSSR count). The Bertz CT molecular complexity index is 1190. The quantitative estimate of drug-likeness (QED) is 0.533. The molecule has 13 heteroatoms. The molecule has 0 fully saturated rings. The third kappa shape index (κ3) is 5.79. The van der Waals surface area contributed by atoms with E-state index in [9.17, 15) is 14.0 Å². The summed E-state index contributed by atoms with van der Waals surface area (Å²) in [5.41, 5.74) is 0.618. The fraction of sp³-hybridized carbons (Fsp3) is 0.200. The first kappa shape index (κ1) is 22.6. The number of aromatic nitrogens is 2. The lowest BCUT2D eigenvalue weighted by atomic mass is 10.2. The summed E-state index contributed by atoms with van der Waals surface area (Å²) >= 11 is 7.05. The smallest absolute Gasteiger partial charge is 0.415 e. The van der Waals surface area contributed by atoms with E-state index >= 15 is 0 Å². The van der Waals surface area contributed by atoms with E-state index in [4.69, 9.17) is 25.8 Å². The molecule has 0 spiro atoms. The van der Waals surface area contributed by atoms with Crippen molar-refractivity contribution in [1.82, 2.24) is 19.6 Å². The number of halogens is 2. The van der Waals surface area contributed by atoms with Crippen LogP contribution in [0.25, 0.3) is 0 Å². The van der Waals surface area contributed by atoms with Gasteiger partial charge in [-0.2, -0.15) is 4.37 Å². The van der Waals surface area contributed by atoms with Crippen LogP contribution < -0.4 is 24.8 Å². The predicted molar refractivity (Wildman–Crippen MR) is 117 cm³/mol. The minimum atomic E-state index is -0.665. The first-order valence-corrected chi connectivity index (χ1v) is 10.7. The van der Waals surface area contributed by atoms with Gasteiger partial charge in [-0.1, -0.05) is 23.7 Å². The van der Waals surface area contributed by atoms with Crippen LogP contribution in [0.4, 0.5) is 19.1 Å². The molecular weight excluding hydrogens is 477 g/mol. The van der Waals surface area contributed by atoms with Crippen molar-refractivity contribution < 1.29 is 28.2 Å². The number of carbonyl (C=O) groups excluding carboxylic acids is 2. The molecule has 0 radical (unpaired) electrons. The van der Waals surface area contributed by atoms with Gasteiger partial charge < -0.3 is 24.4 Å². The van der Waals surface area contributed by atoms with E-state index in [1.807, 2.05) is 0 Å². The molecule has 3 aromatic rings. The number of anilines is 1. The highest BCUT2D eigenvalue weighted by molar-refractivity contribution is 7.09. The first-order chi connectivity index (χ1) is 15.9. The molecule has 1 aromatic heterocycles. The molecule has 0 aliphatic carbocycles. The molecule has 3 amide bonds. The number of nitrogens with one attached hydrogen (secondary N) is 2. The molecular formula is C20H17ClFN5O5S. The Balaban J connectivity index is 1.27. The van der Waals surface area contributed by atoms with Crippen LogP contribution in [0.1, 0.15) is 11.4 Å². The zero-order valence-corrected chi connectivity index (χ0v) is 18.7. The summed E-state index contributed by atoms with van der Waals surface area (Å²) in [6, 6.07) is 8.34. The number of hydrogen-bond donors (Lipinski definition) is 2. The summed E-state index contributed by atoms with van der Waals surface area (Å²) < 4.78 is 33.1. The third-order valence-electron chi connectivity index (χ3n) is 4.33. The van der Waals surface area contributed by atoms with Crippen LogP contribution in [-0.4, -0.2) is 40.2 Å². The largest absolute Gasteiger partial charge is 0.453 e. The maximum Gasteiger partial charge on any atom is 0.415 e. The van der Waals surface area contributed by atoms with E-state index in [1.165, 1.54) is 36.2 Å². The third-order valence-corrected chi connectivity index (χ3v) is 5.28. The maximum absolute atomic E-state index is 13.2. The van der Waals surface area contributed by atoms with Gasteiger partial charge in [0.1, 0.15) is 11.6 Å². The van der Waals surface area contributed by atoms with Crippen LogP contribution in [0.15, 0.2) is 36.4 Å². The zero-order valence-electron chi connectivity index (χ0n) is 17.1. The van der Waals surface area contributed by atoms with Gasteiger partial charge >= 0.3 is 12.1 Å². The molecule has 1 aliphatic heterocycles. The van der Waals surface area contributed by atoms with Gasteiger partial charge in [-0.3, -0.25) is 5.32 Å². The highest BCUT2D eigenvalue weighted by Gasteiger charge is 2.21. The van der Waals surface area contributed by atoms with Crippen LogP contribution >= 0.6 is 23.1 Å². The Labute approximate surface area is 196 Å². The van der Waals surface area contributed by atoms with Crippen molar-refractivity contribution in [3.8, 4) is 17.2 Å². The lowest BCUT2D eigenvalue weighted by Crippen LogP contribution is -2.30. The number of hydrogen-bond acceptors (Lipinski definition) is 8. The Morgan fingerprint density at radius 2 is 2.15 bits per heavy atom. The summed E-state index contributed by atoms with van der Waals surface area (Å²) in [5, 5.41) is 5.65. The molecule has 2 N–H and O–H groups in total. The maximum atomic E-state index is 13.2. The first-order valence-electron chi connectivity index (χ1n) is 9.51. The number of urea groups is 1. The van der Waals surface area contributed by atoms with E-state index in [2.05, 4.69) is 20.0 Å². The molecule has 0 saturated carbocycles. The minimum Gasteiger partial charge on any atom is -0.453 e. The van der Waals surface area contributed by atoms with E-state index in [1.54, 1.807) is 12.1 Å². The molecule has 0 saturated heterocycles. The van der Waals surface area contributed by atoms with Gasteiger partial charge in [0.15, 0.2) is 17.3 Å². The molecule has 172 valence electrons. The zero-order chi connectivity index (χ0) is 23.4. The number of fused-ring (bicyclic) bond motifs is 1. The van der Waals surface area contributed by atoms with E-state index in [0.29, 0.717) is 22.9 Å². The van der Waals surface area contributed by atoms with Gasteiger partial charge in [0.2, 0.25) is 11.9 Å². The van der Waals surface area contributed by atoms with E-state index in [0.717, 1.165) is 11.5 Å². The molecule has 1 aliphatic rings. The van der Waals surface area contributed by atoms with Gasteiger partial charge in [0.25, 0.3) is 0 Å². The highest BCUT2D eigenvalue weighted by Crippen LogP contribution is 2.42. The summed E-state index contributed by atoms with van der Waals surface area (Å²) in [5.74, 6) is 0.915. The van der Waals surface area contributed by atoms with Gasteiger partial charge in [-0.25, -0.2) is 19.0 Å². The topological polar surface area (TPSA) is 115 Å². The van der Waals surface area contributed by atoms with Gasteiger partial charge in [-0.05, 0) is 17.7 Å². The number of carbonyl (C=O) groups is 2. The van der Waals surface area contributed by atoms with Crippen LogP contribution in [0, 0.1) is 5.82 Å². The summed E-state index contributed by atoms with van der Waals surface area (Å²) in [4.78, 5) is 29.9. The summed E-state index contributed by atoms with van der Waals surface area (Å²) in [6.07, 6.45) is -0.665. The number of benzene rings is 2. The summed E-state index contributed by atoms with van der Waals surface area (Å²) in [7, 11) is 1.51. The SMILES string of the molecule is CN(Cc1nsc(NC(=O)NCc2cccc(F)c2)n1)C(=O)Oc1cc(Cl)c2c(c1)OCO2. The lowest BCUT2D eigenvalue weighted by molar-refractivity contribution is 0.159. The van der Waals surface area contributed by atoms with Crippen molar-refractivity contribution in [3.63, 3.8) is 0 Å². The predicted octanol–water partition coefficient (Wildman–Crippen LogP) is 4.01. The Kier molecular flexibility index (Phi) is 6.75.